The Labute approximate surface area is 127 Å². The zero-order chi connectivity index (χ0) is 14.5. The molecule has 0 amide bonds. The van der Waals surface area contributed by atoms with E-state index in [1.165, 1.54) is 0 Å². The lowest BCUT2D eigenvalue weighted by atomic mass is 9.89. The van der Waals surface area contributed by atoms with Gasteiger partial charge >= 0.3 is 0 Å². The van der Waals surface area contributed by atoms with Gasteiger partial charge in [0, 0.05) is 16.9 Å². The molecule has 0 radical (unpaired) electrons. The zero-order valence-corrected chi connectivity index (χ0v) is 12.9. The molecule has 2 aromatic rings. The number of hydrogen-bond acceptors (Lipinski definition) is 3. The first-order valence-corrected chi connectivity index (χ1v) is 7.23. The van der Waals surface area contributed by atoms with Gasteiger partial charge in [0.1, 0.15) is 5.75 Å². The predicted molar refractivity (Wildman–Crippen MR) is 83.9 cm³/mol. The lowest BCUT2D eigenvalue weighted by Gasteiger charge is -2.23. The Balaban J connectivity index is 2.28. The van der Waals surface area contributed by atoms with E-state index in [1.54, 1.807) is 7.11 Å². The molecule has 3 nitrogen and oxygen atoms in total. The van der Waals surface area contributed by atoms with Crippen molar-refractivity contribution >= 4 is 15.9 Å². The quantitative estimate of drug-likeness (QED) is 0.881. The number of hydrogen-bond donors (Lipinski definition) is 2. The summed E-state index contributed by atoms with van der Waals surface area (Å²) in [4.78, 5) is 0. The molecule has 0 aliphatic heterocycles. The number of aliphatic hydroxyl groups is 1. The van der Waals surface area contributed by atoms with Crippen molar-refractivity contribution in [1.29, 1.82) is 0 Å². The number of halogens is 1. The van der Waals surface area contributed by atoms with Crippen LogP contribution in [0.5, 0.6) is 5.75 Å². The molecule has 0 aliphatic carbocycles. The predicted octanol–water partition coefficient (Wildman–Crippen LogP) is 3.23. The van der Waals surface area contributed by atoms with Crippen molar-refractivity contribution in [3.05, 3.63) is 64.1 Å². The third kappa shape index (κ3) is 3.20. The van der Waals surface area contributed by atoms with E-state index in [0.717, 1.165) is 21.3 Å². The van der Waals surface area contributed by atoms with E-state index in [1.807, 2.05) is 48.5 Å². The van der Waals surface area contributed by atoms with Gasteiger partial charge < -0.3 is 15.6 Å². The fourth-order valence-electron chi connectivity index (χ4n) is 2.24. The van der Waals surface area contributed by atoms with Crippen LogP contribution in [0.15, 0.2) is 53.0 Å². The Morgan fingerprint density at radius 3 is 2.35 bits per heavy atom. The van der Waals surface area contributed by atoms with Crippen LogP contribution in [-0.2, 0) is 0 Å². The monoisotopic (exact) mass is 335 g/mol. The summed E-state index contributed by atoms with van der Waals surface area (Å²) in [6.45, 7) is 0.371. The van der Waals surface area contributed by atoms with Crippen molar-refractivity contribution < 1.29 is 9.84 Å². The highest BCUT2D eigenvalue weighted by Gasteiger charge is 2.23. The summed E-state index contributed by atoms with van der Waals surface area (Å²) in [6, 6.07) is 15.2. The minimum atomic E-state index is -0.649. The number of benzene rings is 2. The Morgan fingerprint density at radius 1 is 1.15 bits per heavy atom. The summed E-state index contributed by atoms with van der Waals surface area (Å²) in [5.41, 5.74) is 7.71. The van der Waals surface area contributed by atoms with Gasteiger partial charge in [-0.3, -0.25) is 0 Å². The van der Waals surface area contributed by atoms with Gasteiger partial charge in [-0.1, -0.05) is 46.3 Å². The normalized spacial score (nSPS) is 13.8. The molecule has 106 valence electrons. The smallest absolute Gasteiger partial charge is 0.118 e. The van der Waals surface area contributed by atoms with Crippen LogP contribution in [-0.4, -0.2) is 18.8 Å². The Morgan fingerprint density at radius 2 is 1.80 bits per heavy atom. The Kier molecular flexibility index (Phi) is 5.17. The van der Waals surface area contributed by atoms with Crippen LogP contribution in [0.4, 0.5) is 0 Å². The topological polar surface area (TPSA) is 55.5 Å². The molecule has 20 heavy (non-hydrogen) atoms. The van der Waals surface area contributed by atoms with Crippen LogP contribution in [0.1, 0.15) is 23.1 Å². The molecule has 4 heteroatoms. The van der Waals surface area contributed by atoms with Crippen molar-refractivity contribution in [3.63, 3.8) is 0 Å². The van der Waals surface area contributed by atoms with Crippen molar-refractivity contribution in [1.82, 2.24) is 0 Å². The minimum absolute atomic E-state index is 0.154. The first-order chi connectivity index (χ1) is 9.67. The fourth-order valence-corrected chi connectivity index (χ4v) is 2.81. The van der Waals surface area contributed by atoms with E-state index in [2.05, 4.69) is 15.9 Å². The number of rotatable bonds is 5. The van der Waals surface area contributed by atoms with Gasteiger partial charge in [0.2, 0.25) is 0 Å². The average molecular weight is 336 g/mol. The fraction of sp³-hybridized carbons (Fsp3) is 0.250. The van der Waals surface area contributed by atoms with Gasteiger partial charge in [-0.25, -0.2) is 0 Å². The SMILES string of the molecule is COc1ccc(C(O)C(CN)c2ccccc2Br)cc1. The van der Waals surface area contributed by atoms with Gasteiger partial charge in [-0.15, -0.1) is 0 Å². The number of methoxy groups -OCH3 is 1. The maximum absolute atomic E-state index is 10.6. The first-order valence-electron chi connectivity index (χ1n) is 6.44. The Bertz CT molecular complexity index is 557. The van der Waals surface area contributed by atoms with Gasteiger partial charge in [0.15, 0.2) is 0 Å². The molecule has 0 aliphatic rings. The van der Waals surface area contributed by atoms with Crippen LogP contribution in [0.2, 0.25) is 0 Å². The molecule has 2 atom stereocenters. The summed E-state index contributed by atoms with van der Waals surface area (Å²) in [7, 11) is 1.62. The molecule has 0 heterocycles. The Hall–Kier alpha value is -1.36. The van der Waals surface area contributed by atoms with Gasteiger partial charge in [-0.2, -0.15) is 0 Å². The van der Waals surface area contributed by atoms with E-state index in [4.69, 9.17) is 10.5 Å². The molecule has 0 spiro atoms. The second-order valence-electron chi connectivity index (χ2n) is 4.58. The van der Waals surface area contributed by atoms with Crippen molar-refractivity contribution in [2.45, 2.75) is 12.0 Å². The van der Waals surface area contributed by atoms with Gasteiger partial charge in [0.25, 0.3) is 0 Å². The molecule has 0 aromatic heterocycles. The summed E-state index contributed by atoms with van der Waals surface area (Å²) in [6.07, 6.45) is -0.649. The molecular formula is C16H18BrNO2. The molecule has 0 bridgehead atoms. The highest BCUT2D eigenvalue weighted by Crippen LogP contribution is 2.34. The van der Waals surface area contributed by atoms with Crippen molar-refractivity contribution in [3.8, 4) is 5.75 Å². The van der Waals surface area contributed by atoms with Crippen LogP contribution < -0.4 is 10.5 Å². The second-order valence-corrected chi connectivity index (χ2v) is 5.44. The maximum atomic E-state index is 10.6. The van der Waals surface area contributed by atoms with E-state index in [9.17, 15) is 5.11 Å². The molecule has 2 unspecified atom stereocenters. The zero-order valence-electron chi connectivity index (χ0n) is 11.3. The molecule has 2 rings (SSSR count). The lowest BCUT2D eigenvalue weighted by Crippen LogP contribution is -2.20. The third-order valence-corrected chi connectivity index (χ3v) is 4.12. The summed E-state index contributed by atoms with van der Waals surface area (Å²) < 4.78 is 6.09. The second kappa shape index (κ2) is 6.88. The molecule has 0 saturated carbocycles. The minimum Gasteiger partial charge on any atom is -0.497 e. The van der Waals surface area contributed by atoms with Crippen molar-refractivity contribution in [2.75, 3.05) is 13.7 Å². The van der Waals surface area contributed by atoms with E-state index >= 15 is 0 Å². The maximum Gasteiger partial charge on any atom is 0.118 e. The highest BCUT2D eigenvalue weighted by molar-refractivity contribution is 9.10. The molecule has 2 aromatic carbocycles. The number of aliphatic hydroxyl groups excluding tert-OH is 1. The highest BCUT2D eigenvalue weighted by atomic mass is 79.9. The first kappa shape index (κ1) is 15.0. The number of nitrogens with two attached hydrogens (primary N) is 1. The summed E-state index contributed by atoms with van der Waals surface area (Å²) in [5.74, 6) is 0.616. The molecule has 3 N–H and O–H groups in total. The molecule has 0 saturated heterocycles. The van der Waals surface area contributed by atoms with Crippen LogP contribution in [0.3, 0.4) is 0 Å². The summed E-state index contributed by atoms with van der Waals surface area (Å²) in [5, 5.41) is 10.6. The largest absolute Gasteiger partial charge is 0.497 e. The van der Waals surface area contributed by atoms with Crippen LogP contribution >= 0.6 is 15.9 Å². The van der Waals surface area contributed by atoms with Crippen LogP contribution in [0.25, 0.3) is 0 Å². The van der Waals surface area contributed by atoms with E-state index in [-0.39, 0.29) is 5.92 Å². The standard InChI is InChI=1S/C16H18BrNO2/c1-20-12-8-6-11(7-9-12)16(19)14(10-18)13-4-2-3-5-15(13)17/h2-9,14,16,19H,10,18H2,1H3. The average Bonchev–Trinajstić information content (AvgIpc) is 2.50. The summed E-state index contributed by atoms with van der Waals surface area (Å²) >= 11 is 3.51. The van der Waals surface area contributed by atoms with Crippen LogP contribution in [0, 0.1) is 0 Å². The van der Waals surface area contributed by atoms with Gasteiger partial charge in [-0.05, 0) is 29.3 Å². The van der Waals surface area contributed by atoms with E-state index in [0.29, 0.717) is 6.54 Å². The van der Waals surface area contributed by atoms with E-state index < -0.39 is 6.10 Å². The third-order valence-electron chi connectivity index (χ3n) is 3.40. The van der Waals surface area contributed by atoms with Crippen molar-refractivity contribution in [2.24, 2.45) is 5.73 Å². The van der Waals surface area contributed by atoms with Gasteiger partial charge in [0.05, 0.1) is 13.2 Å². The molecule has 0 fully saturated rings. The molecular weight excluding hydrogens is 318 g/mol. The lowest BCUT2D eigenvalue weighted by molar-refractivity contribution is 0.147. The number of ether oxygens (including phenoxy) is 1.